The van der Waals surface area contributed by atoms with Crippen LogP contribution in [0.4, 0.5) is 5.69 Å². The van der Waals surface area contributed by atoms with Crippen LogP contribution in [0.1, 0.15) is 0 Å². The molecule has 19 heavy (non-hydrogen) atoms. The molecule has 1 unspecified atom stereocenters. The fourth-order valence-electron chi connectivity index (χ4n) is 1.66. The molecule has 0 aliphatic carbocycles. The highest BCUT2D eigenvalue weighted by atomic mass is 79.9. The van der Waals surface area contributed by atoms with Gasteiger partial charge in [0.1, 0.15) is 0 Å². The van der Waals surface area contributed by atoms with Gasteiger partial charge in [0.15, 0.2) is 0 Å². The Morgan fingerprint density at radius 3 is 2.89 bits per heavy atom. The number of rotatable bonds is 4. The lowest BCUT2D eigenvalue weighted by Gasteiger charge is -2.23. The van der Waals surface area contributed by atoms with Crippen LogP contribution in [0, 0.1) is 0 Å². The summed E-state index contributed by atoms with van der Waals surface area (Å²) in [7, 11) is -3.63. The molecule has 8 heteroatoms. The van der Waals surface area contributed by atoms with Crippen molar-refractivity contribution < 1.29 is 17.9 Å². The van der Waals surface area contributed by atoms with Crippen LogP contribution in [-0.4, -0.2) is 40.9 Å². The summed E-state index contributed by atoms with van der Waals surface area (Å²) in [6.07, 6.45) is -0.261. The van der Waals surface area contributed by atoms with Gasteiger partial charge in [-0.1, -0.05) is 0 Å². The Kier molecular flexibility index (Phi) is 4.80. The molecule has 0 aromatic heterocycles. The molecule has 0 radical (unpaired) electrons. The van der Waals surface area contributed by atoms with E-state index in [-0.39, 0.29) is 17.5 Å². The second-order valence-corrected chi connectivity index (χ2v) is 6.70. The number of nitrogen functional groups attached to an aromatic ring is 1. The number of halogens is 1. The number of nitrogens with one attached hydrogen (secondary N) is 1. The van der Waals surface area contributed by atoms with Gasteiger partial charge in [0.05, 0.1) is 30.8 Å². The lowest BCUT2D eigenvalue weighted by molar-refractivity contribution is -0.0846. The second-order valence-electron chi connectivity index (χ2n) is 4.11. The smallest absolute Gasteiger partial charge is 0.241 e. The average Bonchev–Trinajstić information content (AvgIpc) is 2.40. The summed E-state index contributed by atoms with van der Waals surface area (Å²) >= 11 is 3.20. The van der Waals surface area contributed by atoms with Crippen molar-refractivity contribution in [3.05, 3.63) is 22.7 Å². The zero-order chi connectivity index (χ0) is 13.9. The summed E-state index contributed by atoms with van der Waals surface area (Å²) in [6, 6.07) is 4.63. The highest BCUT2D eigenvalue weighted by Gasteiger charge is 2.21. The summed E-state index contributed by atoms with van der Waals surface area (Å²) in [4.78, 5) is 0.115. The standard InChI is InChI=1S/C11H15BrN2O4S/c12-10-2-1-8(13)5-11(10)19(15,16)14-6-9-7-17-3-4-18-9/h1-2,5,9,14H,3-4,6-7,13H2. The van der Waals surface area contributed by atoms with E-state index in [9.17, 15) is 8.42 Å². The Morgan fingerprint density at radius 1 is 1.42 bits per heavy atom. The van der Waals surface area contributed by atoms with E-state index in [1.165, 1.54) is 6.07 Å². The predicted molar refractivity (Wildman–Crippen MR) is 74.3 cm³/mol. The molecule has 1 aromatic rings. The maximum absolute atomic E-state index is 12.2. The van der Waals surface area contributed by atoms with Gasteiger partial charge >= 0.3 is 0 Å². The molecule has 3 N–H and O–H groups in total. The van der Waals surface area contributed by atoms with Gasteiger partial charge in [-0.2, -0.15) is 0 Å². The quantitative estimate of drug-likeness (QED) is 0.781. The molecule has 2 rings (SSSR count). The van der Waals surface area contributed by atoms with Gasteiger partial charge in [-0.25, -0.2) is 13.1 Å². The van der Waals surface area contributed by atoms with Crippen molar-refractivity contribution in [2.75, 3.05) is 32.1 Å². The molecule has 1 fully saturated rings. The van der Waals surface area contributed by atoms with Gasteiger partial charge in [-0.3, -0.25) is 0 Å². The third-order valence-corrected chi connectivity index (χ3v) is 5.05. The third kappa shape index (κ3) is 3.90. The first-order chi connectivity index (χ1) is 8.99. The lowest BCUT2D eigenvalue weighted by atomic mass is 10.3. The van der Waals surface area contributed by atoms with Crippen molar-refractivity contribution in [3.63, 3.8) is 0 Å². The normalized spacial score (nSPS) is 20.4. The van der Waals surface area contributed by atoms with Crippen molar-refractivity contribution in [3.8, 4) is 0 Å². The van der Waals surface area contributed by atoms with Crippen LogP contribution in [0.15, 0.2) is 27.6 Å². The Morgan fingerprint density at radius 2 is 2.21 bits per heavy atom. The van der Waals surface area contributed by atoms with E-state index in [2.05, 4.69) is 20.7 Å². The molecule has 1 aromatic carbocycles. The Labute approximate surface area is 120 Å². The molecule has 0 spiro atoms. The Balaban J connectivity index is 2.07. The minimum Gasteiger partial charge on any atom is -0.399 e. The summed E-state index contributed by atoms with van der Waals surface area (Å²) in [5.74, 6) is 0. The number of benzene rings is 1. The summed E-state index contributed by atoms with van der Waals surface area (Å²) in [6.45, 7) is 1.59. The Bertz CT molecular complexity index is 544. The van der Waals surface area contributed by atoms with Gasteiger partial charge in [0, 0.05) is 16.7 Å². The number of hydrogen-bond donors (Lipinski definition) is 2. The molecule has 1 aliphatic rings. The van der Waals surface area contributed by atoms with Crippen LogP contribution in [0.5, 0.6) is 0 Å². The number of hydrogen-bond acceptors (Lipinski definition) is 5. The summed E-state index contributed by atoms with van der Waals surface area (Å²) in [5, 5.41) is 0. The zero-order valence-electron chi connectivity index (χ0n) is 10.1. The van der Waals surface area contributed by atoms with Crippen LogP contribution >= 0.6 is 15.9 Å². The van der Waals surface area contributed by atoms with Crippen molar-refractivity contribution in [1.82, 2.24) is 4.72 Å². The van der Waals surface area contributed by atoms with E-state index < -0.39 is 10.0 Å². The molecule has 0 saturated carbocycles. The van der Waals surface area contributed by atoms with Gasteiger partial charge in [-0.15, -0.1) is 0 Å². The van der Waals surface area contributed by atoms with E-state index in [4.69, 9.17) is 15.2 Å². The molecule has 0 bridgehead atoms. The third-order valence-electron chi connectivity index (χ3n) is 2.63. The van der Waals surface area contributed by atoms with E-state index >= 15 is 0 Å². The van der Waals surface area contributed by atoms with Crippen LogP contribution in [0.2, 0.25) is 0 Å². The molecular formula is C11H15BrN2O4S. The highest BCUT2D eigenvalue weighted by molar-refractivity contribution is 9.10. The molecular weight excluding hydrogens is 336 g/mol. The van der Waals surface area contributed by atoms with Crippen molar-refractivity contribution in [2.45, 2.75) is 11.0 Å². The van der Waals surface area contributed by atoms with Crippen molar-refractivity contribution >= 4 is 31.6 Å². The summed E-state index contributed by atoms with van der Waals surface area (Å²) < 4.78 is 37.9. The second kappa shape index (κ2) is 6.19. The monoisotopic (exact) mass is 350 g/mol. The first-order valence-corrected chi connectivity index (χ1v) is 8.01. The van der Waals surface area contributed by atoms with E-state index in [1.54, 1.807) is 12.1 Å². The van der Waals surface area contributed by atoms with Crippen LogP contribution in [-0.2, 0) is 19.5 Å². The lowest BCUT2D eigenvalue weighted by Crippen LogP contribution is -2.39. The minimum absolute atomic E-state index is 0.115. The number of ether oxygens (including phenoxy) is 2. The SMILES string of the molecule is Nc1ccc(Br)c(S(=O)(=O)NCC2COCCO2)c1. The van der Waals surface area contributed by atoms with Crippen LogP contribution in [0.25, 0.3) is 0 Å². The number of anilines is 1. The minimum atomic E-state index is -3.63. The molecule has 1 atom stereocenters. The van der Waals surface area contributed by atoms with Crippen LogP contribution < -0.4 is 10.5 Å². The maximum atomic E-state index is 12.2. The van der Waals surface area contributed by atoms with Gasteiger partial charge in [0.2, 0.25) is 10.0 Å². The number of nitrogens with two attached hydrogens (primary N) is 1. The first kappa shape index (κ1) is 14.7. The molecule has 6 nitrogen and oxygen atoms in total. The van der Waals surface area contributed by atoms with E-state index in [1.807, 2.05) is 0 Å². The van der Waals surface area contributed by atoms with Gasteiger partial charge in [0.25, 0.3) is 0 Å². The molecule has 1 heterocycles. The zero-order valence-corrected chi connectivity index (χ0v) is 12.5. The summed E-state index contributed by atoms with van der Waals surface area (Å²) in [5.41, 5.74) is 6.00. The molecule has 106 valence electrons. The van der Waals surface area contributed by atoms with Crippen molar-refractivity contribution in [1.29, 1.82) is 0 Å². The largest absolute Gasteiger partial charge is 0.399 e. The fraction of sp³-hybridized carbons (Fsp3) is 0.455. The van der Waals surface area contributed by atoms with Gasteiger partial charge < -0.3 is 15.2 Å². The molecule has 1 aliphatic heterocycles. The maximum Gasteiger partial charge on any atom is 0.241 e. The Hall–Kier alpha value is -0.670. The number of sulfonamides is 1. The van der Waals surface area contributed by atoms with Crippen molar-refractivity contribution in [2.24, 2.45) is 0 Å². The van der Waals surface area contributed by atoms with E-state index in [0.29, 0.717) is 30.0 Å². The first-order valence-electron chi connectivity index (χ1n) is 5.73. The average molecular weight is 351 g/mol. The van der Waals surface area contributed by atoms with Crippen LogP contribution in [0.3, 0.4) is 0 Å². The predicted octanol–water partition coefficient (Wildman–Crippen LogP) is 0.725. The van der Waals surface area contributed by atoms with E-state index in [0.717, 1.165) is 0 Å². The topological polar surface area (TPSA) is 90.7 Å². The fourth-order valence-corrected chi connectivity index (χ4v) is 3.72. The molecule has 1 saturated heterocycles. The molecule has 0 amide bonds. The van der Waals surface area contributed by atoms with Gasteiger partial charge in [-0.05, 0) is 34.1 Å². The highest BCUT2D eigenvalue weighted by Crippen LogP contribution is 2.24.